The molecule has 0 saturated carbocycles. The van der Waals surface area contributed by atoms with Crippen LogP contribution < -0.4 is 15.8 Å². The topological polar surface area (TPSA) is 114 Å². The van der Waals surface area contributed by atoms with Crippen LogP contribution in [0.4, 0.5) is 24.5 Å². The maximum absolute atomic E-state index is 13.6. The average Bonchev–Trinajstić information content (AvgIpc) is 3.57. The number of anilines is 2. The number of carbonyl (C=O) groups is 2. The first-order valence-corrected chi connectivity index (χ1v) is 12.3. The van der Waals surface area contributed by atoms with E-state index in [1.54, 1.807) is 16.4 Å². The largest absolute Gasteiger partial charge is 0.490 e. The molecule has 4 heterocycles. The standard InChI is InChI=1S/C25H26F3N7O4/c1-15-21(33-11-9-32(10-12-33)16(2)36)23(38)35-24(30-22(31-35)19-4-3-13-39-19)34(15)14-20(37)29-18-7-5-17(6-8-18)25(26,27)28/h4-8H,3,9-14H2,1-2H3,(H,29,37). The van der Waals surface area contributed by atoms with Crippen molar-refractivity contribution in [3.63, 3.8) is 0 Å². The lowest BCUT2D eigenvalue weighted by Gasteiger charge is -2.36. The number of hydrogen-bond donors (Lipinski definition) is 1. The van der Waals surface area contributed by atoms with Crippen molar-refractivity contribution in [2.24, 2.45) is 0 Å². The number of benzene rings is 1. The Hall–Kier alpha value is -4.36. The summed E-state index contributed by atoms with van der Waals surface area (Å²) in [7, 11) is 0. The molecule has 1 N–H and O–H groups in total. The second kappa shape index (κ2) is 10.1. The number of aromatic nitrogens is 4. The fraction of sp³-hybridized carbons (Fsp3) is 0.400. The predicted octanol–water partition coefficient (Wildman–Crippen LogP) is 2.29. The third kappa shape index (κ3) is 5.18. The fourth-order valence-electron chi connectivity index (χ4n) is 4.71. The molecule has 0 radical (unpaired) electrons. The fourth-order valence-corrected chi connectivity index (χ4v) is 4.71. The molecular formula is C25H26F3N7O4. The molecule has 2 aliphatic heterocycles. The van der Waals surface area contributed by atoms with Gasteiger partial charge in [-0.2, -0.15) is 22.7 Å². The highest BCUT2D eigenvalue weighted by Crippen LogP contribution is 2.30. The van der Waals surface area contributed by atoms with Crippen LogP contribution in [0.5, 0.6) is 0 Å². The molecular weight excluding hydrogens is 519 g/mol. The first kappa shape index (κ1) is 26.3. The van der Waals surface area contributed by atoms with Crippen molar-refractivity contribution in [2.45, 2.75) is 33.0 Å². The summed E-state index contributed by atoms with van der Waals surface area (Å²) in [5.41, 5.74) is -0.268. The molecule has 14 heteroatoms. The summed E-state index contributed by atoms with van der Waals surface area (Å²) in [5, 5.41) is 6.97. The van der Waals surface area contributed by atoms with Crippen LogP contribution in [0.25, 0.3) is 11.5 Å². The van der Waals surface area contributed by atoms with E-state index >= 15 is 0 Å². The molecule has 1 fully saturated rings. The van der Waals surface area contributed by atoms with Gasteiger partial charge in [-0.3, -0.25) is 14.4 Å². The molecule has 1 aromatic carbocycles. The van der Waals surface area contributed by atoms with Crippen LogP contribution in [0.1, 0.15) is 30.4 Å². The van der Waals surface area contributed by atoms with Crippen molar-refractivity contribution >= 4 is 34.7 Å². The molecule has 0 aliphatic carbocycles. The van der Waals surface area contributed by atoms with Gasteiger partial charge in [-0.05, 0) is 37.3 Å². The molecule has 0 unspecified atom stereocenters. The first-order valence-electron chi connectivity index (χ1n) is 12.3. The normalized spacial score (nSPS) is 15.9. The van der Waals surface area contributed by atoms with Crippen LogP contribution in [0.3, 0.4) is 0 Å². The van der Waals surface area contributed by atoms with Gasteiger partial charge >= 0.3 is 6.18 Å². The van der Waals surface area contributed by atoms with Gasteiger partial charge < -0.3 is 24.4 Å². The Morgan fingerprint density at radius 3 is 2.38 bits per heavy atom. The summed E-state index contributed by atoms with van der Waals surface area (Å²) in [6, 6.07) is 4.12. The minimum Gasteiger partial charge on any atom is -0.490 e. The smallest absolute Gasteiger partial charge is 0.416 e. The summed E-state index contributed by atoms with van der Waals surface area (Å²) < 4.78 is 46.9. The predicted molar refractivity (Wildman–Crippen MR) is 135 cm³/mol. The molecule has 2 amide bonds. The zero-order valence-electron chi connectivity index (χ0n) is 21.3. The number of alkyl halides is 3. The lowest BCUT2D eigenvalue weighted by atomic mass is 10.2. The molecule has 5 rings (SSSR count). The van der Waals surface area contributed by atoms with Gasteiger partial charge in [-0.15, -0.1) is 5.10 Å². The van der Waals surface area contributed by atoms with E-state index in [-0.39, 0.29) is 29.7 Å². The minimum atomic E-state index is -4.49. The number of amides is 2. The first-order chi connectivity index (χ1) is 18.5. The number of piperazine rings is 1. The van der Waals surface area contributed by atoms with E-state index in [1.165, 1.54) is 19.1 Å². The van der Waals surface area contributed by atoms with Crippen LogP contribution >= 0.6 is 0 Å². The van der Waals surface area contributed by atoms with E-state index in [2.05, 4.69) is 15.4 Å². The molecule has 0 atom stereocenters. The van der Waals surface area contributed by atoms with Crippen LogP contribution in [0.2, 0.25) is 0 Å². The van der Waals surface area contributed by atoms with E-state index in [0.717, 1.165) is 16.6 Å². The van der Waals surface area contributed by atoms with Crippen molar-refractivity contribution in [1.29, 1.82) is 0 Å². The molecule has 206 valence electrons. The van der Waals surface area contributed by atoms with E-state index in [4.69, 9.17) is 4.74 Å². The van der Waals surface area contributed by atoms with Crippen molar-refractivity contribution in [3.05, 3.63) is 57.8 Å². The van der Waals surface area contributed by atoms with Gasteiger partial charge in [0.15, 0.2) is 5.76 Å². The maximum atomic E-state index is 13.6. The molecule has 3 aromatic rings. The number of carbonyl (C=O) groups excluding carboxylic acids is 2. The van der Waals surface area contributed by atoms with Gasteiger partial charge in [0.2, 0.25) is 23.4 Å². The van der Waals surface area contributed by atoms with Gasteiger partial charge in [0, 0.05) is 50.9 Å². The third-order valence-corrected chi connectivity index (χ3v) is 6.74. The van der Waals surface area contributed by atoms with Crippen LogP contribution in [-0.2, 0) is 27.0 Å². The Bertz CT molecular complexity index is 1520. The number of halogens is 3. The van der Waals surface area contributed by atoms with E-state index < -0.39 is 23.2 Å². The van der Waals surface area contributed by atoms with Crippen LogP contribution in [0, 0.1) is 6.92 Å². The van der Waals surface area contributed by atoms with Crippen molar-refractivity contribution < 1.29 is 27.5 Å². The second-order valence-corrected chi connectivity index (χ2v) is 9.29. The molecule has 2 aliphatic rings. The number of nitrogens with zero attached hydrogens (tertiary/aromatic N) is 6. The van der Waals surface area contributed by atoms with E-state index in [9.17, 15) is 27.6 Å². The maximum Gasteiger partial charge on any atom is 0.416 e. The zero-order valence-corrected chi connectivity index (χ0v) is 21.3. The average molecular weight is 546 g/mol. The van der Waals surface area contributed by atoms with Gasteiger partial charge in [-0.25, -0.2) is 0 Å². The molecule has 11 nitrogen and oxygen atoms in total. The minimum absolute atomic E-state index is 0.0510. The lowest BCUT2D eigenvalue weighted by Crippen LogP contribution is -2.50. The Balaban J connectivity index is 1.50. The molecule has 0 spiro atoms. The zero-order chi connectivity index (χ0) is 27.9. The summed E-state index contributed by atoms with van der Waals surface area (Å²) in [5.74, 6) is 0.187. The number of hydrogen-bond acceptors (Lipinski definition) is 7. The molecule has 39 heavy (non-hydrogen) atoms. The van der Waals surface area contributed by atoms with Crippen LogP contribution in [0.15, 0.2) is 35.1 Å². The summed E-state index contributed by atoms with van der Waals surface area (Å²) in [6.07, 6.45) is -2.00. The Morgan fingerprint density at radius 2 is 1.79 bits per heavy atom. The van der Waals surface area contributed by atoms with Crippen molar-refractivity contribution in [3.8, 4) is 0 Å². The highest BCUT2D eigenvalue weighted by molar-refractivity contribution is 5.91. The van der Waals surface area contributed by atoms with Crippen molar-refractivity contribution in [1.82, 2.24) is 24.1 Å². The second-order valence-electron chi connectivity index (χ2n) is 9.29. The number of nitrogens with one attached hydrogen (secondary N) is 1. The Kier molecular flexibility index (Phi) is 6.78. The highest BCUT2D eigenvalue weighted by Gasteiger charge is 2.30. The summed E-state index contributed by atoms with van der Waals surface area (Å²) in [6.45, 7) is 5.06. The molecule has 0 bridgehead atoms. The van der Waals surface area contributed by atoms with Gasteiger partial charge in [0.05, 0.1) is 12.2 Å². The Morgan fingerprint density at radius 1 is 1.10 bits per heavy atom. The third-order valence-electron chi connectivity index (χ3n) is 6.74. The molecule has 2 aromatic heterocycles. The number of ether oxygens (including phenoxy) is 1. The number of fused-ring (bicyclic) bond motifs is 1. The number of rotatable bonds is 5. The Labute approximate surface area is 220 Å². The highest BCUT2D eigenvalue weighted by atomic mass is 19.4. The lowest BCUT2D eigenvalue weighted by molar-refractivity contribution is -0.137. The van der Waals surface area contributed by atoms with Gasteiger partial charge in [-0.1, -0.05) is 0 Å². The SMILES string of the molecule is CC(=O)N1CCN(c2c(C)n(CC(=O)Nc3ccc(C(F)(F)F)cc3)c3nc(C4=CCCO4)nn3c2=O)CC1. The summed E-state index contributed by atoms with van der Waals surface area (Å²) >= 11 is 0. The quantitative estimate of drug-likeness (QED) is 0.523. The summed E-state index contributed by atoms with van der Waals surface area (Å²) in [4.78, 5) is 46.4. The van der Waals surface area contributed by atoms with Gasteiger partial charge in [0.1, 0.15) is 12.2 Å². The molecule has 1 saturated heterocycles. The van der Waals surface area contributed by atoms with E-state index in [1.807, 2.05) is 11.0 Å². The van der Waals surface area contributed by atoms with Crippen molar-refractivity contribution in [2.75, 3.05) is 43.0 Å². The van der Waals surface area contributed by atoms with E-state index in [0.29, 0.717) is 56.3 Å². The monoisotopic (exact) mass is 545 g/mol. The van der Waals surface area contributed by atoms with Gasteiger partial charge in [0.25, 0.3) is 5.56 Å². The van der Waals surface area contributed by atoms with Crippen LogP contribution in [-0.4, -0.2) is 68.7 Å².